The highest BCUT2D eigenvalue weighted by Gasteiger charge is 2.08. The molecular formula is C14H13N3O. The van der Waals surface area contributed by atoms with Gasteiger partial charge in [0, 0.05) is 30.0 Å². The molecule has 90 valence electrons. The van der Waals surface area contributed by atoms with Gasteiger partial charge in [0.2, 0.25) is 0 Å². The van der Waals surface area contributed by atoms with Crippen molar-refractivity contribution in [3.8, 4) is 0 Å². The van der Waals surface area contributed by atoms with Gasteiger partial charge in [-0.2, -0.15) is 0 Å². The van der Waals surface area contributed by atoms with Crippen LogP contribution in [0.15, 0.2) is 42.7 Å². The first-order valence-electron chi connectivity index (χ1n) is 5.88. The molecule has 2 aromatic heterocycles. The molecule has 4 nitrogen and oxygen atoms in total. The van der Waals surface area contributed by atoms with Crippen LogP contribution in [0, 0.1) is 0 Å². The highest BCUT2D eigenvalue weighted by atomic mass is 16.1. The summed E-state index contributed by atoms with van der Waals surface area (Å²) in [4.78, 5) is 22.1. The van der Waals surface area contributed by atoms with Gasteiger partial charge in [-0.1, -0.05) is 18.2 Å². The van der Waals surface area contributed by atoms with E-state index in [1.165, 1.54) is 0 Å². The molecule has 2 N–H and O–H groups in total. The summed E-state index contributed by atoms with van der Waals surface area (Å²) in [7, 11) is 0. The normalized spacial score (nSPS) is 10.9. The second kappa shape index (κ2) is 4.49. The van der Waals surface area contributed by atoms with Crippen molar-refractivity contribution in [2.75, 3.05) is 0 Å². The Hall–Kier alpha value is -2.36. The number of nitrogens with zero attached hydrogens (tertiary/aromatic N) is 1. The monoisotopic (exact) mass is 239 g/mol. The first-order valence-corrected chi connectivity index (χ1v) is 5.88. The molecule has 0 amide bonds. The molecule has 0 saturated carbocycles. The number of Topliss-reactive ketones (excluding diaryl/α,β-unsaturated/α-hetero) is 1. The van der Waals surface area contributed by atoms with Gasteiger partial charge in [-0.3, -0.25) is 4.79 Å². The van der Waals surface area contributed by atoms with Crippen molar-refractivity contribution in [1.82, 2.24) is 15.0 Å². The van der Waals surface area contributed by atoms with Gasteiger partial charge in [0.15, 0.2) is 0 Å². The third-order valence-corrected chi connectivity index (χ3v) is 2.89. The molecule has 0 atom stereocenters. The summed E-state index contributed by atoms with van der Waals surface area (Å²) in [6.45, 7) is 0. The molecule has 0 bridgehead atoms. The third kappa shape index (κ3) is 2.18. The number of aromatic amines is 2. The van der Waals surface area contributed by atoms with Crippen molar-refractivity contribution in [2.24, 2.45) is 0 Å². The van der Waals surface area contributed by atoms with E-state index in [1.54, 1.807) is 12.4 Å². The second-order valence-corrected chi connectivity index (χ2v) is 4.31. The van der Waals surface area contributed by atoms with Gasteiger partial charge in [0.1, 0.15) is 11.6 Å². The second-order valence-electron chi connectivity index (χ2n) is 4.31. The molecule has 0 saturated heterocycles. The molecule has 0 fully saturated rings. The topological polar surface area (TPSA) is 61.5 Å². The molecule has 0 spiro atoms. The molecule has 2 heterocycles. The van der Waals surface area contributed by atoms with Crippen LogP contribution in [-0.4, -0.2) is 20.7 Å². The van der Waals surface area contributed by atoms with E-state index in [9.17, 15) is 4.79 Å². The average Bonchev–Trinajstić information content (AvgIpc) is 2.96. The van der Waals surface area contributed by atoms with Crippen LogP contribution in [0.1, 0.15) is 11.5 Å². The number of ketones is 1. The quantitative estimate of drug-likeness (QED) is 0.733. The van der Waals surface area contributed by atoms with Gasteiger partial charge in [-0.05, 0) is 17.5 Å². The van der Waals surface area contributed by atoms with E-state index in [-0.39, 0.29) is 5.78 Å². The first-order chi connectivity index (χ1) is 8.81. The Kier molecular flexibility index (Phi) is 2.68. The van der Waals surface area contributed by atoms with Gasteiger partial charge in [-0.15, -0.1) is 0 Å². The Morgan fingerprint density at radius 3 is 2.89 bits per heavy atom. The zero-order valence-corrected chi connectivity index (χ0v) is 9.81. The predicted molar refractivity (Wildman–Crippen MR) is 69.3 cm³/mol. The minimum atomic E-state index is 0.150. The molecule has 0 unspecified atom stereocenters. The summed E-state index contributed by atoms with van der Waals surface area (Å²) in [6.07, 6.45) is 4.15. The minimum absolute atomic E-state index is 0.150. The van der Waals surface area contributed by atoms with Gasteiger partial charge >= 0.3 is 0 Å². The van der Waals surface area contributed by atoms with Crippen molar-refractivity contribution in [2.45, 2.75) is 12.8 Å². The summed E-state index contributed by atoms with van der Waals surface area (Å²) in [5.74, 6) is 0.868. The maximum atomic E-state index is 11.9. The summed E-state index contributed by atoms with van der Waals surface area (Å²) in [6, 6.07) is 10.0. The highest BCUT2D eigenvalue weighted by Crippen LogP contribution is 2.15. The lowest BCUT2D eigenvalue weighted by molar-refractivity contribution is -0.117. The van der Waals surface area contributed by atoms with Crippen molar-refractivity contribution >= 4 is 16.7 Å². The fourth-order valence-electron chi connectivity index (χ4n) is 2.09. The number of fused-ring (bicyclic) bond motifs is 1. The van der Waals surface area contributed by atoms with E-state index >= 15 is 0 Å². The Balaban J connectivity index is 1.74. The number of aromatic nitrogens is 3. The Bertz CT molecular complexity index is 634. The molecule has 0 aliphatic heterocycles. The summed E-state index contributed by atoms with van der Waals surface area (Å²) < 4.78 is 0. The van der Waals surface area contributed by atoms with Gasteiger partial charge in [-0.25, -0.2) is 4.98 Å². The van der Waals surface area contributed by atoms with E-state index in [0.717, 1.165) is 22.4 Å². The van der Waals surface area contributed by atoms with E-state index in [4.69, 9.17) is 0 Å². The smallest absolute Gasteiger partial charge is 0.146 e. The van der Waals surface area contributed by atoms with Gasteiger partial charge in [0.25, 0.3) is 0 Å². The SMILES string of the molecule is O=C(Cc1cc2ccccc2[nH]1)Cc1ncc[nH]1. The fourth-order valence-corrected chi connectivity index (χ4v) is 2.09. The Morgan fingerprint density at radius 1 is 1.22 bits per heavy atom. The number of hydrogen-bond acceptors (Lipinski definition) is 2. The van der Waals surface area contributed by atoms with Crippen LogP contribution in [0.25, 0.3) is 10.9 Å². The van der Waals surface area contributed by atoms with Crippen LogP contribution in [0.2, 0.25) is 0 Å². The largest absolute Gasteiger partial charge is 0.358 e. The Morgan fingerprint density at radius 2 is 2.11 bits per heavy atom. The number of nitrogens with one attached hydrogen (secondary N) is 2. The molecule has 4 heteroatoms. The molecule has 3 rings (SSSR count). The van der Waals surface area contributed by atoms with Crippen molar-refractivity contribution < 1.29 is 4.79 Å². The lowest BCUT2D eigenvalue weighted by Gasteiger charge is -1.96. The molecule has 0 aliphatic carbocycles. The maximum Gasteiger partial charge on any atom is 0.146 e. The van der Waals surface area contributed by atoms with Crippen LogP contribution in [0.4, 0.5) is 0 Å². The number of rotatable bonds is 4. The summed E-state index contributed by atoms with van der Waals surface area (Å²) >= 11 is 0. The average molecular weight is 239 g/mol. The number of carbonyl (C=O) groups is 1. The van der Waals surface area contributed by atoms with Crippen molar-refractivity contribution in [3.63, 3.8) is 0 Å². The van der Waals surface area contributed by atoms with Crippen LogP contribution in [0.3, 0.4) is 0 Å². The number of para-hydroxylation sites is 1. The van der Waals surface area contributed by atoms with Gasteiger partial charge < -0.3 is 9.97 Å². The zero-order chi connectivity index (χ0) is 12.4. The summed E-state index contributed by atoms with van der Waals surface area (Å²) in [5.41, 5.74) is 2.02. The van der Waals surface area contributed by atoms with E-state index in [1.807, 2.05) is 30.3 Å². The number of H-pyrrole nitrogens is 2. The molecule has 1 aromatic carbocycles. The fraction of sp³-hybridized carbons (Fsp3) is 0.143. The molecule has 3 aromatic rings. The van der Waals surface area contributed by atoms with E-state index in [0.29, 0.717) is 12.8 Å². The van der Waals surface area contributed by atoms with Crippen LogP contribution in [-0.2, 0) is 17.6 Å². The standard InChI is InChI=1S/C14H13N3O/c18-12(9-14-15-5-6-16-14)8-11-7-10-3-1-2-4-13(10)17-11/h1-7,17H,8-9H2,(H,15,16). The van der Waals surface area contributed by atoms with Crippen LogP contribution < -0.4 is 0 Å². The maximum absolute atomic E-state index is 11.9. The third-order valence-electron chi connectivity index (χ3n) is 2.89. The number of imidazole rings is 1. The van der Waals surface area contributed by atoms with Gasteiger partial charge in [0.05, 0.1) is 6.42 Å². The molecule has 0 aliphatic rings. The van der Waals surface area contributed by atoms with Crippen molar-refractivity contribution in [3.05, 3.63) is 54.2 Å². The Labute approximate surface area is 104 Å². The van der Waals surface area contributed by atoms with E-state index < -0.39 is 0 Å². The number of benzene rings is 1. The predicted octanol–water partition coefficient (Wildman–Crippen LogP) is 2.25. The molecule has 0 radical (unpaired) electrons. The zero-order valence-electron chi connectivity index (χ0n) is 9.81. The first kappa shape index (κ1) is 10.8. The summed E-state index contributed by atoms with van der Waals surface area (Å²) in [5, 5.41) is 1.14. The number of carbonyl (C=O) groups excluding carboxylic acids is 1. The highest BCUT2D eigenvalue weighted by molar-refractivity contribution is 5.85. The lowest BCUT2D eigenvalue weighted by atomic mass is 10.1. The lowest BCUT2D eigenvalue weighted by Crippen LogP contribution is -2.07. The van der Waals surface area contributed by atoms with Crippen LogP contribution in [0.5, 0.6) is 0 Å². The minimum Gasteiger partial charge on any atom is -0.358 e. The van der Waals surface area contributed by atoms with Crippen molar-refractivity contribution in [1.29, 1.82) is 0 Å². The van der Waals surface area contributed by atoms with E-state index in [2.05, 4.69) is 15.0 Å². The number of hydrogen-bond donors (Lipinski definition) is 2. The molecular weight excluding hydrogens is 226 g/mol. The van der Waals surface area contributed by atoms with Crippen LogP contribution >= 0.6 is 0 Å². The molecule has 18 heavy (non-hydrogen) atoms.